The van der Waals surface area contributed by atoms with Gasteiger partial charge < -0.3 is 15.0 Å². The van der Waals surface area contributed by atoms with Crippen molar-refractivity contribution in [3.63, 3.8) is 0 Å². The Morgan fingerprint density at radius 3 is 1.98 bits per heavy atom. The Hall–Kier alpha value is -4.63. The number of carbonyl (C=O) groups is 2. The van der Waals surface area contributed by atoms with Gasteiger partial charge >= 0.3 is 0 Å². The maximum atomic E-state index is 14.5. The van der Waals surface area contributed by atoms with Crippen molar-refractivity contribution in [2.75, 3.05) is 18.0 Å². The van der Waals surface area contributed by atoms with Crippen LogP contribution >= 0.6 is 0 Å². The first kappa shape index (κ1) is 33.3. The standard InChI is InChI=1S/C36H41N3O5S/c1-27-14-12-13-17-29(27)25-38(33(35(41)37-36(2,3)4)24-28-15-8-6-9-16-28)34(40)26-39(30-18-10-7-11-19-30)45(42,43)32-22-20-31(44-5)21-23-32/h6-23,33H,24-26H2,1-5H3,(H,37,41)/t33-/m0/s1. The predicted molar refractivity (Wildman–Crippen MR) is 178 cm³/mol. The largest absolute Gasteiger partial charge is 0.497 e. The van der Waals surface area contributed by atoms with Crippen LogP contribution in [-0.2, 0) is 32.6 Å². The minimum Gasteiger partial charge on any atom is -0.497 e. The van der Waals surface area contributed by atoms with Crippen molar-refractivity contribution in [3.05, 3.63) is 126 Å². The van der Waals surface area contributed by atoms with Crippen LogP contribution in [0.2, 0.25) is 0 Å². The van der Waals surface area contributed by atoms with Crippen LogP contribution in [-0.4, -0.2) is 50.4 Å². The first-order valence-corrected chi connectivity index (χ1v) is 16.2. The number of benzene rings is 4. The Bertz CT molecular complexity index is 1690. The number of methoxy groups -OCH3 is 1. The van der Waals surface area contributed by atoms with Gasteiger partial charge in [-0.1, -0.05) is 72.8 Å². The molecule has 0 aliphatic rings. The molecule has 4 rings (SSSR count). The molecule has 0 aromatic heterocycles. The molecule has 4 aromatic rings. The Kier molecular flexibility index (Phi) is 10.7. The summed E-state index contributed by atoms with van der Waals surface area (Å²) < 4.78 is 34.6. The van der Waals surface area contributed by atoms with E-state index >= 15 is 0 Å². The highest BCUT2D eigenvalue weighted by molar-refractivity contribution is 7.92. The number of nitrogens with zero attached hydrogens (tertiary/aromatic N) is 2. The maximum Gasteiger partial charge on any atom is 0.264 e. The number of anilines is 1. The lowest BCUT2D eigenvalue weighted by Gasteiger charge is -2.35. The average Bonchev–Trinajstić information content (AvgIpc) is 3.02. The first-order chi connectivity index (χ1) is 21.4. The van der Waals surface area contributed by atoms with Crippen molar-refractivity contribution in [2.45, 2.75) is 57.1 Å². The Balaban J connectivity index is 1.81. The van der Waals surface area contributed by atoms with Crippen molar-refractivity contribution in [3.8, 4) is 5.75 Å². The molecule has 0 bridgehead atoms. The Labute approximate surface area is 266 Å². The van der Waals surface area contributed by atoms with Crippen LogP contribution in [0.15, 0.2) is 114 Å². The number of sulfonamides is 1. The molecule has 0 radical (unpaired) electrons. The zero-order chi connectivity index (χ0) is 32.6. The van der Waals surface area contributed by atoms with Crippen LogP contribution in [0, 0.1) is 6.92 Å². The third-order valence-corrected chi connectivity index (χ3v) is 9.13. The van der Waals surface area contributed by atoms with Gasteiger partial charge in [0.2, 0.25) is 11.8 Å². The molecule has 8 nitrogen and oxygen atoms in total. The molecule has 4 aromatic carbocycles. The number of carbonyl (C=O) groups excluding carboxylic acids is 2. The average molecular weight is 628 g/mol. The fourth-order valence-corrected chi connectivity index (χ4v) is 6.39. The highest BCUT2D eigenvalue weighted by Gasteiger charge is 2.35. The predicted octanol–water partition coefficient (Wildman–Crippen LogP) is 5.75. The normalized spacial score (nSPS) is 12.2. The summed E-state index contributed by atoms with van der Waals surface area (Å²) in [5.74, 6) is -0.323. The smallest absolute Gasteiger partial charge is 0.264 e. The molecule has 0 saturated carbocycles. The number of aryl methyl sites for hydroxylation is 1. The fourth-order valence-electron chi connectivity index (χ4n) is 4.98. The summed E-state index contributed by atoms with van der Waals surface area (Å²) in [5.41, 5.74) is 2.46. The third kappa shape index (κ3) is 8.73. The third-order valence-electron chi connectivity index (χ3n) is 7.34. The molecule has 0 heterocycles. The summed E-state index contributed by atoms with van der Waals surface area (Å²) in [5, 5.41) is 3.05. The van der Waals surface area contributed by atoms with E-state index in [1.807, 2.05) is 82.3 Å². The second-order valence-electron chi connectivity index (χ2n) is 11.9. The van der Waals surface area contributed by atoms with Gasteiger partial charge in [-0.25, -0.2) is 8.42 Å². The van der Waals surface area contributed by atoms with E-state index in [0.29, 0.717) is 11.4 Å². The van der Waals surface area contributed by atoms with Crippen LogP contribution in [0.1, 0.15) is 37.5 Å². The SMILES string of the molecule is COc1ccc(S(=O)(=O)N(CC(=O)N(Cc2ccccc2C)[C@@H](Cc2ccccc2)C(=O)NC(C)(C)C)c2ccccc2)cc1. The molecule has 0 saturated heterocycles. The molecule has 1 atom stereocenters. The lowest BCUT2D eigenvalue weighted by Crippen LogP contribution is -2.56. The zero-order valence-electron chi connectivity index (χ0n) is 26.4. The van der Waals surface area contributed by atoms with E-state index in [4.69, 9.17) is 4.74 Å². The first-order valence-electron chi connectivity index (χ1n) is 14.8. The number of nitrogens with one attached hydrogen (secondary N) is 1. The van der Waals surface area contributed by atoms with Crippen LogP contribution in [0.4, 0.5) is 5.69 Å². The molecule has 2 amide bonds. The monoisotopic (exact) mass is 627 g/mol. The number of hydrogen-bond acceptors (Lipinski definition) is 5. The van der Waals surface area contributed by atoms with E-state index in [1.54, 1.807) is 42.5 Å². The van der Waals surface area contributed by atoms with E-state index in [1.165, 1.54) is 24.1 Å². The van der Waals surface area contributed by atoms with Crippen molar-refractivity contribution in [1.82, 2.24) is 10.2 Å². The van der Waals surface area contributed by atoms with Crippen LogP contribution < -0.4 is 14.4 Å². The molecule has 0 spiro atoms. The van der Waals surface area contributed by atoms with Crippen LogP contribution in [0.5, 0.6) is 5.75 Å². The molecule has 1 N–H and O–H groups in total. The van der Waals surface area contributed by atoms with Gasteiger partial charge in [-0.2, -0.15) is 0 Å². The molecule has 45 heavy (non-hydrogen) atoms. The van der Waals surface area contributed by atoms with Gasteiger partial charge in [0.1, 0.15) is 18.3 Å². The van der Waals surface area contributed by atoms with Crippen LogP contribution in [0.25, 0.3) is 0 Å². The maximum absolute atomic E-state index is 14.5. The van der Waals surface area contributed by atoms with E-state index in [0.717, 1.165) is 21.0 Å². The van der Waals surface area contributed by atoms with Gasteiger partial charge in [-0.05, 0) is 80.8 Å². The van der Waals surface area contributed by atoms with Crippen molar-refractivity contribution in [1.29, 1.82) is 0 Å². The number of rotatable bonds is 12. The topological polar surface area (TPSA) is 96.0 Å². The molecule has 0 unspecified atom stereocenters. The van der Waals surface area contributed by atoms with Gasteiger partial charge in [0, 0.05) is 18.5 Å². The summed E-state index contributed by atoms with van der Waals surface area (Å²) in [6, 6.07) is 30.8. The minimum atomic E-state index is -4.19. The molecule has 236 valence electrons. The van der Waals surface area contributed by atoms with Gasteiger partial charge in [-0.15, -0.1) is 0 Å². The second-order valence-corrected chi connectivity index (χ2v) is 13.8. The number of hydrogen-bond donors (Lipinski definition) is 1. The zero-order valence-corrected chi connectivity index (χ0v) is 27.3. The lowest BCUT2D eigenvalue weighted by molar-refractivity contribution is -0.140. The van der Waals surface area contributed by atoms with E-state index in [9.17, 15) is 18.0 Å². The Morgan fingerprint density at radius 1 is 0.822 bits per heavy atom. The van der Waals surface area contributed by atoms with Gasteiger partial charge in [0.05, 0.1) is 17.7 Å². The van der Waals surface area contributed by atoms with Crippen LogP contribution in [0.3, 0.4) is 0 Å². The number of para-hydroxylation sites is 1. The van der Waals surface area contributed by atoms with E-state index in [-0.39, 0.29) is 23.8 Å². The molecule has 0 aliphatic carbocycles. The fraction of sp³-hybridized carbons (Fsp3) is 0.278. The highest BCUT2D eigenvalue weighted by atomic mass is 32.2. The van der Waals surface area contributed by atoms with Crippen molar-refractivity contribution < 1.29 is 22.7 Å². The summed E-state index contributed by atoms with van der Waals surface area (Å²) in [4.78, 5) is 30.0. The molecule has 0 aliphatic heterocycles. The van der Waals surface area contributed by atoms with Crippen molar-refractivity contribution >= 4 is 27.5 Å². The summed E-state index contributed by atoms with van der Waals surface area (Å²) in [6.45, 7) is 7.21. The molecule has 0 fully saturated rings. The van der Waals surface area contributed by atoms with Crippen molar-refractivity contribution in [2.24, 2.45) is 0 Å². The lowest BCUT2D eigenvalue weighted by atomic mass is 10.00. The minimum absolute atomic E-state index is 0.0109. The van der Waals surface area contributed by atoms with Gasteiger partial charge in [0.25, 0.3) is 10.0 Å². The van der Waals surface area contributed by atoms with E-state index in [2.05, 4.69) is 5.32 Å². The highest BCUT2D eigenvalue weighted by Crippen LogP contribution is 2.26. The van der Waals surface area contributed by atoms with E-state index < -0.39 is 34.1 Å². The summed E-state index contributed by atoms with van der Waals surface area (Å²) in [6.07, 6.45) is 0.247. The quantitative estimate of drug-likeness (QED) is 0.216. The summed E-state index contributed by atoms with van der Waals surface area (Å²) >= 11 is 0. The second kappa shape index (κ2) is 14.4. The molecule has 9 heteroatoms. The summed E-state index contributed by atoms with van der Waals surface area (Å²) in [7, 11) is -2.69. The number of ether oxygens (including phenoxy) is 1. The Morgan fingerprint density at radius 2 is 1.40 bits per heavy atom. The molecular formula is C36H41N3O5S. The number of amides is 2. The molecular weight excluding hydrogens is 586 g/mol. The van der Waals surface area contributed by atoms with Gasteiger partial charge in [-0.3, -0.25) is 13.9 Å². The van der Waals surface area contributed by atoms with Gasteiger partial charge in [0.15, 0.2) is 0 Å².